The van der Waals surface area contributed by atoms with E-state index in [0.29, 0.717) is 22.8 Å². The zero-order chi connectivity index (χ0) is 29.6. The molecule has 4 aromatic carbocycles. The number of benzene rings is 4. The van der Waals surface area contributed by atoms with Crippen LogP contribution >= 0.6 is 11.6 Å². The van der Waals surface area contributed by atoms with E-state index in [2.05, 4.69) is 20.8 Å². The van der Waals surface area contributed by atoms with Crippen molar-refractivity contribution in [1.29, 1.82) is 0 Å². The number of anilines is 2. The second-order valence-corrected chi connectivity index (χ2v) is 12.7. The molecule has 3 amide bonds. The minimum absolute atomic E-state index is 0.0659. The van der Waals surface area contributed by atoms with E-state index in [1.807, 2.05) is 91.0 Å². The Kier molecular flexibility index (Phi) is 7.02. The van der Waals surface area contributed by atoms with Crippen molar-refractivity contribution < 1.29 is 14.4 Å². The fourth-order valence-corrected chi connectivity index (χ4v) is 6.61. The highest BCUT2D eigenvalue weighted by molar-refractivity contribution is 6.31. The number of rotatable bonds is 6. The summed E-state index contributed by atoms with van der Waals surface area (Å²) in [7, 11) is 0. The van der Waals surface area contributed by atoms with E-state index in [1.165, 1.54) is 4.90 Å². The summed E-state index contributed by atoms with van der Waals surface area (Å²) in [6.45, 7) is 6.70. The number of halogens is 1. The van der Waals surface area contributed by atoms with Gasteiger partial charge in [-0.1, -0.05) is 105 Å². The average Bonchev–Trinajstić information content (AvgIpc) is 3.39. The van der Waals surface area contributed by atoms with E-state index in [9.17, 15) is 14.4 Å². The maximum atomic E-state index is 14.8. The van der Waals surface area contributed by atoms with Crippen molar-refractivity contribution in [3.8, 4) is 0 Å². The zero-order valence-electron chi connectivity index (χ0n) is 24.0. The van der Waals surface area contributed by atoms with Crippen LogP contribution in [0.4, 0.5) is 11.4 Å². The van der Waals surface area contributed by atoms with Gasteiger partial charge in [-0.15, -0.1) is 0 Å². The maximum Gasteiger partial charge on any atom is 0.239 e. The molecule has 0 aromatic heterocycles. The molecule has 2 heterocycles. The molecule has 4 aromatic rings. The van der Waals surface area contributed by atoms with Crippen molar-refractivity contribution in [3.05, 3.63) is 130 Å². The molecule has 0 N–H and O–H groups in total. The van der Waals surface area contributed by atoms with Crippen molar-refractivity contribution >= 4 is 40.7 Å². The molecule has 2 aliphatic rings. The molecule has 1 fully saturated rings. The van der Waals surface area contributed by atoms with E-state index in [1.54, 1.807) is 17.0 Å². The van der Waals surface area contributed by atoms with Crippen LogP contribution in [-0.2, 0) is 38.2 Å². The van der Waals surface area contributed by atoms with Crippen LogP contribution in [0.3, 0.4) is 0 Å². The monoisotopic (exact) mass is 576 g/mol. The second kappa shape index (κ2) is 10.6. The van der Waals surface area contributed by atoms with Gasteiger partial charge in [-0.25, -0.2) is 0 Å². The predicted octanol–water partition coefficient (Wildman–Crippen LogP) is 7.24. The van der Waals surface area contributed by atoms with Crippen molar-refractivity contribution in [2.45, 2.75) is 51.0 Å². The van der Waals surface area contributed by atoms with E-state index in [0.717, 1.165) is 22.4 Å². The highest BCUT2D eigenvalue weighted by Gasteiger charge is 2.61. The van der Waals surface area contributed by atoms with Crippen LogP contribution in [0, 0.1) is 5.92 Å². The van der Waals surface area contributed by atoms with Gasteiger partial charge in [-0.2, -0.15) is 0 Å². The maximum absolute atomic E-state index is 14.8. The number of imide groups is 1. The zero-order valence-corrected chi connectivity index (χ0v) is 24.8. The van der Waals surface area contributed by atoms with Crippen LogP contribution in [0.1, 0.15) is 49.4 Å². The molecule has 42 heavy (non-hydrogen) atoms. The Morgan fingerprint density at radius 3 is 2.05 bits per heavy atom. The van der Waals surface area contributed by atoms with Gasteiger partial charge in [-0.05, 0) is 64.4 Å². The molecule has 5 nitrogen and oxygen atoms in total. The largest absolute Gasteiger partial charge is 0.307 e. The van der Waals surface area contributed by atoms with Gasteiger partial charge in [0, 0.05) is 17.1 Å². The van der Waals surface area contributed by atoms with Gasteiger partial charge in [0.05, 0.1) is 23.6 Å². The molecule has 2 aliphatic heterocycles. The molecule has 0 aliphatic carbocycles. The minimum atomic E-state index is -1.30. The number of hydrogen-bond acceptors (Lipinski definition) is 3. The van der Waals surface area contributed by atoms with Gasteiger partial charge in [0.2, 0.25) is 17.7 Å². The van der Waals surface area contributed by atoms with Gasteiger partial charge < -0.3 is 4.90 Å². The highest BCUT2D eigenvalue weighted by atomic mass is 35.5. The lowest BCUT2D eigenvalue weighted by atomic mass is 9.66. The lowest BCUT2D eigenvalue weighted by Gasteiger charge is -2.33. The minimum Gasteiger partial charge on any atom is -0.307 e. The topological polar surface area (TPSA) is 57.7 Å². The number of carbonyl (C=O) groups is 3. The number of nitrogens with zero attached hydrogens (tertiary/aromatic N) is 2. The summed E-state index contributed by atoms with van der Waals surface area (Å²) >= 11 is 6.57. The van der Waals surface area contributed by atoms with E-state index in [4.69, 9.17) is 11.6 Å². The van der Waals surface area contributed by atoms with E-state index >= 15 is 0 Å². The van der Waals surface area contributed by atoms with Crippen molar-refractivity contribution in [3.63, 3.8) is 0 Å². The van der Waals surface area contributed by atoms with Gasteiger partial charge in [0.15, 0.2) is 0 Å². The van der Waals surface area contributed by atoms with E-state index in [-0.39, 0.29) is 36.0 Å². The molecule has 0 spiro atoms. The Labute approximate surface area is 251 Å². The molecular formula is C36H33ClN2O3. The smallest absolute Gasteiger partial charge is 0.239 e. The fraction of sp³-hybridized carbons (Fsp3) is 0.250. The SMILES string of the molecule is CC(C)(C)c1ccc(N2C(=O)C[C@H]([C@]3(Cc4ccccc4)C(=O)N(Cc4ccccc4)c4ccc(Cl)cc43)C2=O)cc1. The Bertz CT molecular complexity index is 1660. The number of fused-ring (bicyclic) bond motifs is 1. The first-order valence-electron chi connectivity index (χ1n) is 14.3. The van der Waals surface area contributed by atoms with Crippen LogP contribution in [0.2, 0.25) is 5.02 Å². The normalized spacial score (nSPS) is 20.4. The van der Waals surface area contributed by atoms with Crippen LogP contribution in [-0.4, -0.2) is 17.7 Å². The third kappa shape index (κ3) is 4.72. The number of hydrogen-bond donors (Lipinski definition) is 0. The summed E-state index contributed by atoms with van der Waals surface area (Å²) in [5.74, 6) is -1.75. The van der Waals surface area contributed by atoms with Crippen LogP contribution < -0.4 is 9.80 Å². The quantitative estimate of drug-likeness (QED) is 0.227. The van der Waals surface area contributed by atoms with Gasteiger partial charge >= 0.3 is 0 Å². The van der Waals surface area contributed by atoms with Crippen LogP contribution in [0.5, 0.6) is 0 Å². The lowest BCUT2D eigenvalue weighted by Crippen LogP contribution is -2.50. The lowest BCUT2D eigenvalue weighted by molar-refractivity contribution is -0.131. The van der Waals surface area contributed by atoms with Crippen molar-refractivity contribution in [2.75, 3.05) is 9.80 Å². The molecule has 2 atom stereocenters. The molecule has 0 radical (unpaired) electrons. The van der Waals surface area contributed by atoms with Gasteiger partial charge in [-0.3, -0.25) is 19.3 Å². The van der Waals surface area contributed by atoms with Gasteiger partial charge in [0.25, 0.3) is 0 Å². The molecular weight excluding hydrogens is 544 g/mol. The fourth-order valence-electron chi connectivity index (χ4n) is 6.44. The number of carbonyl (C=O) groups excluding carboxylic acids is 3. The van der Waals surface area contributed by atoms with Crippen molar-refractivity contribution in [2.24, 2.45) is 5.92 Å². The third-order valence-corrected chi connectivity index (χ3v) is 8.83. The first-order chi connectivity index (χ1) is 20.1. The first-order valence-corrected chi connectivity index (χ1v) is 14.6. The Balaban J connectivity index is 1.48. The molecule has 212 valence electrons. The van der Waals surface area contributed by atoms with E-state index < -0.39 is 11.3 Å². The second-order valence-electron chi connectivity index (χ2n) is 12.3. The third-order valence-electron chi connectivity index (χ3n) is 8.60. The Morgan fingerprint density at radius 2 is 1.43 bits per heavy atom. The summed E-state index contributed by atoms with van der Waals surface area (Å²) in [4.78, 5) is 45.9. The first kappa shape index (κ1) is 27.9. The predicted molar refractivity (Wildman–Crippen MR) is 167 cm³/mol. The molecule has 6 rings (SSSR count). The molecule has 0 bridgehead atoms. The Morgan fingerprint density at radius 1 is 0.810 bits per heavy atom. The van der Waals surface area contributed by atoms with Gasteiger partial charge in [0.1, 0.15) is 0 Å². The standard InChI is InChI=1S/C36H33ClN2O3/c1-35(2,3)26-14-17-28(18-15-26)39-32(40)21-30(33(39)41)36(22-24-10-6-4-7-11-24)29-20-27(37)16-19-31(29)38(34(36)42)23-25-12-8-5-9-13-25/h4-20,30H,21-23H2,1-3H3/t30-,36+/m0/s1. The molecule has 6 heteroatoms. The Hall–Kier alpha value is -4.22. The molecule has 1 saturated heterocycles. The summed E-state index contributed by atoms with van der Waals surface area (Å²) < 4.78 is 0. The number of amides is 3. The summed E-state index contributed by atoms with van der Waals surface area (Å²) in [6, 6.07) is 32.5. The molecule has 0 saturated carbocycles. The molecule has 0 unspecified atom stereocenters. The summed E-state index contributed by atoms with van der Waals surface area (Å²) in [6.07, 6.45) is 0.204. The average molecular weight is 577 g/mol. The summed E-state index contributed by atoms with van der Waals surface area (Å²) in [5, 5.41) is 0.479. The highest BCUT2D eigenvalue weighted by Crippen LogP contribution is 2.53. The van der Waals surface area contributed by atoms with Crippen LogP contribution in [0.25, 0.3) is 0 Å². The van der Waals surface area contributed by atoms with Crippen LogP contribution in [0.15, 0.2) is 103 Å². The summed E-state index contributed by atoms with van der Waals surface area (Å²) in [5.41, 5.74) is 3.54. The van der Waals surface area contributed by atoms with Crippen molar-refractivity contribution in [1.82, 2.24) is 0 Å².